The van der Waals surface area contributed by atoms with Gasteiger partial charge in [-0.25, -0.2) is 0 Å². The number of aryl methyl sites for hydroxylation is 1. The molecule has 1 rings (SSSR count). The molecule has 1 aromatic rings. The Morgan fingerprint density at radius 3 is 1.59 bits per heavy atom. The summed E-state index contributed by atoms with van der Waals surface area (Å²) in [6.07, 6.45) is 0. The van der Waals surface area contributed by atoms with E-state index in [9.17, 15) is 9.59 Å². The average molecular weight is 238 g/mol. The van der Waals surface area contributed by atoms with Crippen LogP contribution in [0.1, 0.15) is 19.4 Å². The summed E-state index contributed by atoms with van der Waals surface area (Å²) < 4.78 is 8.95. The zero-order chi connectivity index (χ0) is 13.1. The van der Waals surface area contributed by atoms with E-state index in [0.717, 1.165) is 0 Å². The molecule has 17 heavy (non-hydrogen) atoms. The van der Waals surface area contributed by atoms with Crippen LogP contribution in [0.3, 0.4) is 0 Å². The maximum absolute atomic E-state index is 10.1. The molecule has 0 unspecified atom stereocenters. The van der Waals surface area contributed by atoms with Gasteiger partial charge in [0, 0.05) is 13.8 Å². The lowest BCUT2D eigenvalue weighted by molar-refractivity contribution is -0.149. The Morgan fingerprint density at radius 2 is 1.35 bits per heavy atom. The molecule has 0 radical (unpaired) electrons. The first-order chi connectivity index (χ1) is 8.02. The van der Waals surface area contributed by atoms with Crippen LogP contribution in [0.5, 0.6) is 0 Å². The molecule has 4 nitrogen and oxygen atoms in total. The summed E-state index contributed by atoms with van der Waals surface area (Å²) in [4.78, 5) is 20.3. The molecule has 0 fully saturated rings. The van der Waals surface area contributed by atoms with Crippen molar-refractivity contribution >= 4 is 11.9 Å². The van der Waals surface area contributed by atoms with Gasteiger partial charge in [0.2, 0.25) is 0 Å². The van der Waals surface area contributed by atoms with Gasteiger partial charge < -0.3 is 9.47 Å². The summed E-state index contributed by atoms with van der Waals surface area (Å²) in [5, 5.41) is 0. The predicted octanol–water partition coefficient (Wildman–Crippen LogP) is 2.11. The smallest absolute Gasteiger partial charge is 0.302 e. The van der Waals surface area contributed by atoms with Gasteiger partial charge in [-0.3, -0.25) is 9.59 Å². The van der Waals surface area contributed by atoms with E-state index in [-0.39, 0.29) is 25.2 Å². The van der Waals surface area contributed by atoms with E-state index >= 15 is 0 Å². The number of benzene rings is 1. The van der Waals surface area contributed by atoms with E-state index in [4.69, 9.17) is 0 Å². The van der Waals surface area contributed by atoms with Gasteiger partial charge in [0.25, 0.3) is 0 Å². The summed E-state index contributed by atoms with van der Waals surface area (Å²) in [7, 11) is 0. The minimum atomic E-state index is -0.368. The normalized spacial score (nSPS) is 8.65. The van der Waals surface area contributed by atoms with Crippen LogP contribution in [0.25, 0.3) is 0 Å². The van der Waals surface area contributed by atoms with Crippen molar-refractivity contribution < 1.29 is 19.1 Å². The maximum atomic E-state index is 10.1. The van der Waals surface area contributed by atoms with Gasteiger partial charge in [-0.15, -0.1) is 0 Å². The van der Waals surface area contributed by atoms with Crippen molar-refractivity contribution in [3.63, 3.8) is 0 Å². The summed E-state index contributed by atoms with van der Waals surface area (Å²) in [6.45, 7) is 4.95. The lowest BCUT2D eigenvalue weighted by Crippen LogP contribution is -2.09. The van der Waals surface area contributed by atoms with Crippen molar-refractivity contribution in [3.05, 3.63) is 35.9 Å². The van der Waals surface area contributed by atoms with Gasteiger partial charge >= 0.3 is 11.9 Å². The predicted molar refractivity (Wildman–Crippen MR) is 64.4 cm³/mol. The fourth-order valence-electron chi connectivity index (χ4n) is 0.905. The molecule has 4 heteroatoms. The summed E-state index contributed by atoms with van der Waals surface area (Å²) in [5.41, 5.74) is 1.32. The van der Waals surface area contributed by atoms with Crippen LogP contribution in [0.2, 0.25) is 0 Å². The highest BCUT2D eigenvalue weighted by Crippen LogP contribution is 1.92. The van der Waals surface area contributed by atoms with Crippen molar-refractivity contribution in [1.29, 1.82) is 0 Å². The minimum absolute atomic E-state index is 0.134. The molecule has 0 amide bonds. The topological polar surface area (TPSA) is 52.6 Å². The van der Waals surface area contributed by atoms with Crippen molar-refractivity contribution in [2.75, 3.05) is 13.2 Å². The van der Waals surface area contributed by atoms with Crippen LogP contribution in [0.15, 0.2) is 30.3 Å². The highest BCUT2D eigenvalue weighted by Gasteiger charge is 1.94. The molecule has 0 aliphatic rings. The summed E-state index contributed by atoms with van der Waals surface area (Å²) in [5.74, 6) is -0.737. The van der Waals surface area contributed by atoms with Crippen LogP contribution < -0.4 is 0 Å². The number of hydrogen-bond acceptors (Lipinski definition) is 4. The van der Waals surface area contributed by atoms with E-state index < -0.39 is 0 Å². The Balaban J connectivity index is 0.000000318. The molecular formula is C13H18O4. The first-order valence-corrected chi connectivity index (χ1v) is 5.30. The molecule has 0 aromatic heterocycles. The van der Waals surface area contributed by atoms with E-state index in [1.54, 1.807) is 0 Å². The molecule has 0 aliphatic carbocycles. The van der Waals surface area contributed by atoms with E-state index in [0.29, 0.717) is 0 Å². The van der Waals surface area contributed by atoms with E-state index in [2.05, 4.69) is 28.5 Å². The molecule has 0 saturated heterocycles. The molecule has 0 spiro atoms. The van der Waals surface area contributed by atoms with Crippen molar-refractivity contribution in [1.82, 2.24) is 0 Å². The first-order valence-electron chi connectivity index (χ1n) is 5.30. The standard InChI is InChI=1S/C7H8.C6H10O4/c1-7-5-3-2-4-6-7;1-5(7)9-3-4-10-6(2)8/h2-6H,1H3;3-4H2,1-2H3. The third-order valence-corrected chi connectivity index (χ3v) is 1.63. The Labute approximate surface area is 102 Å². The number of carbonyl (C=O) groups is 2. The van der Waals surface area contributed by atoms with Crippen molar-refractivity contribution in [3.8, 4) is 0 Å². The molecule has 0 aliphatic heterocycles. The number of esters is 2. The minimum Gasteiger partial charge on any atom is -0.462 e. The molecule has 0 saturated carbocycles. The second kappa shape index (κ2) is 9.39. The van der Waals surface area contributed by atoms with Crippen LogP contribution in [0.4, 0.5) is 0 Å². The number of rotatable bonds is 3. The zero-order valence-electron chi connectivity index (χ0n) is 10.4. The molecule has 0 atom stereocenters. The second-order valence-corrected chi connectivity index (χ2v) is 3.33. The fraction of sp³-hybridized carbons (Fsp3) is 0.385. The SMILES string of the molecule is CC(=O)OCCOC(C)=O.Cc1ccccc1. The maximum Gasteiger partial charge on any atom is 0.302 e. The van der Waals surface area contributed by atoms with Gasteiger partial charge in [0.15, 0.2) is 0 Å². The summed E-state index contributed by atoms with van der Waals surface area (Å²) >= 11 is 0. The molecule has 0 N–H and O–H groups in total. The highest BCUT2D eigenvalue weighted by molar-refractivity contribution is 5.66. The molecule has 94 valence electrons. The second-order valence-electron chi connectivity index (χ2n) is 3.33. The van der Waals surface area contributed by atoms with Crippen LogP contribution in [0, 0.1) is 6.92 Å². The third kappa shape index (κ3) is 12.1. The Bertz CT molecular complexity index is 317. The van der Waals surface area contributed by atoms with Crippen LogP contribution in [-0.4, -0.2) is 25.2 Å². The van der Waals surface area contributed by atoms with Crippen molar-refractivity contribution in [2.45, 2.75) is 20.8 Å². The van der Waals surface area contributed by atoms with E-state index in [1.165, 1.54) is 19.4 Å². The monoisotopic (exact) mass is 238 g/mol. The molecule has 1 aromatic carbocycles. The lowest BCUT2D eigenvalue weighted by atomic mass is 10.2. The van der Waals surface area contributed by atoms with Gasteiger partial charge in [-0.1, -0.05) is 35.9 Å². The molecule has 0 heterocycles. The molecule has 0 bridgehead atoms. The Morgan fingerprint density at radius 1 is 0.941 bits per heavy atom. The highest BCUT2D eigenvalue weighted by atomic mass is 16.6. The van der Waals surface area contributed by atoms with Gasteiger partial charge in [0.1, 0.15) is 13.2 Å². The third-order valence-electron chi connectivity index (χ3n) is 1.63. The van der Waals surface area contributed by atoms with Crippen LogP contribution >= 0.6 is 0 Å². The lowest BCUT2D eigenvalue weighted by Gasteiger charge is -2.00. The Kier molecular flexibility index (Phi) is 8.37. The largest absolute Gasteiger partial charge is 0.462 e. The Hall–Kier alpha value is -1.84. The number of carbonyl (C=O) groups excluding carboxylic acids is 2. The van der Waals surface area contributed by atoms with Gasteiger partial charge in [-0.2, -0.15) is 0 Å². The van der Waals surface area contributed by atoms with Crippen LogP contribution in [-0.2, 0) is 19.1 Å². The van der Waals surface area contributed by atoms with Crippen molar-refractivity contribution in [2.24, 2.45) is 0 Å². The molecular weight excluding hydrogens is 220 g/mol. The fourth-order valence-corrected chi connectivity index (χ4v) is 0.905. The average Bonchev–Trinajstić information content (AvgIpc) is 2.26. The van der Waals surface area contributed by atoms with Gasteiger partial charge in [-0.05, 0) is 6.92 Å². The summed E-state index contributed by atoms with van der Waals surface area (Å²) in [6, 6.07) is 10.3. The van der Waals surface area contributed by atoms with E-state index in [1.807, 2.05) is 18.2 Å². The zero-order valence-corrected chi connectivity index (χ0v) is 10.4. The number of ether oxygens (including phenoxy) is 2. The first kappa shape index (κ1) is 15.2. The van der Waals surface area contributed by atoms with Gasteiger partial charge in [0.05, 0.1) is 0 Å². The quantitative estimate of drug-likeness (QED) is 0.597. The number of hydrogen-bond donors (Lipinski definition) is 0.